The zero-order valence-corrected chi connectivity index (χ0v) is 20.1. The fourth-order valence-electron chi connectivity index (χ4n) is 5.07. The van der Waals surface area contributed by atoms with Crippen LogP contribution in [0.1, 0.15) is 59.9 Å². The lowest BCUT2D eigenvalue weighted by atomic mass is 9.70. The number of nitro groups is 1. The van der Waals surface area contributed by atoms with Crippen LogP contribution in [0.25, 0.3) is 10.9 Å². The summed E-state index contributed by atoms with van der Waals surface area (Å²) in [6.07, 6.45) is 2.60. The molecule has 2 aromatic carbocycles. The van der Waals surface area contributed by atoms with Crippen molar-refractivity contribution in [3.8, 4) is 5.75 Å². The van der Waals surface area contributed by atoms with Gasteiger partial charge in [-0.05, 0) is 42.2 Å². The maximum absolute atomic E-state index is 13.6. The Morgan fingerprint density at radius 1 is 1.26 bits per heavy atom. The number of para-hydroxylation sites is 1. The number of ether oxygens (including phenoxy) is 3. The van der Waals surface area contributed by atoms with Crippen molar-refractivity contribution >= 4 is 22.6 Å². The molecule has 3 aromatic rings. The van der Waals surface area contributed by atoms with E-state index in [0.717, 1.165) is 41.4 Å². The predicted molar refractivity (Wildman–Crippen MR) is 129 cm³/mol. The number of fused-ring (bicyclic) bond motifs is 3. The molecule has 0 bridgehead atoms. The Bertz CT molecular complexity index is 1330. The zero-order valence-electron chi connectivity index (χ0n) is 20.1. The van der Waals surface area contributed by atoms with E-state index in [1.54, 1.807) is 0 Å². The van der Waals surface area contributed by atoms with E-state index < -0.39 is 10.9 Å². The van der Waals surface area contributed by atoms with Gasteiger partial charge in [0.05, 0.1) is 22.6 Å². The van der Waals surface area contributed by atoms with Gasteiger partial charge < -0.3 is 14.2 Å². The fourth-order valence-corrected chi connectivity index (χ4v) is 5.07. The Balaban J connectivity index is 1.52. The van der Waals surface area contributed by atoms with Crippen LogP contribution in [0.5, 0.6) is 5.75 Å². The monoisotopic (exact) mass is 476 g/mol. The number of carbonyl (C=O) groups is 1. The number of aromatic nitrogens is 1. The summed E-state index contributed by atoms with van der Waals surface area (Å²) >= 11 is 0. The van der Waals surface area contributed by atoms with Crippen molar-refractivity contribution in [3.63, 3.8) is 0 Å². The largest absolute Gasteiger partial charge is 0.467 e. The van der Waals surface area contributed by atoms with Crippen molar-refractivity contribution in [1.29, 1.82) is 0 Å². The topological polar surface area (TPSA) is 101 Å². The van der Waals surface area contributed by atoms with Crippen LogP contribution in [0.15, 0.2) is 36.4 Å². The van der Waals surface area contributed by atoms with Crippen molar-refractivity contribution in [2.45, 2.75) is 53.2 Å². The van der Waals surface area contributed by atoms with Gasteiger partial charge in [0.15, 0.2) is 6.79 Å². The summed E-state index contributed by atoms with van der Waals surface area (Å²) in [4.78, 5) is 29.4. The summed E-state index contributed by atoms with van der Waals surface area (Å²) in [6, 6.07) is 10.4. The molecule has 0 spiro atoms. The smallest absolute Gasteiger partial charge is 0.339 e. The van der Waals surface area contributed by atoms with Crippen LogP contribution < -0.4 is 4.74 Å². The van der Waals surface area contributed by atoms with Crippen LogP contribution in [-0.2, 0) is 35.5 Å². The molecular formula is C27H28N2O6. The normalized spacial score (nSPS) is 17.3. The number of carbonyl (C=O) groups excluding carboxylic acids is 1. The number of benzene rings is 2. The maximum atomic E-state index is 13.6. The second kappa shape index (κ2) is 8.92. The molecule has 1 atom stereocenters. The molecule has 35 heavy (non-hydrogen) atoms. The summed E-state index contributed by atoms with van der Waals surface area (Å²) in [6.45, 7) is 6.78. The molecule has 0 unspecified atom stereocenters. The first-order chi connectivity index (χ1) is 16.7. The van der Waals surface area contributed by atoms with E-state index in [1.165, 1.54) is 12.1 Å². The van der Waals surface area contributed by atoms with E-state index in [4.69, 9.17) is 19.2 Å². The molecule has 5 rings (SSSR count). The lowest BCUT2D eigenvalue weighted by molar-refractivity contribution is -0.385. The van der Waals surface area contributed by atoms with Crippen LogP contribution in [0, 0.1) is 21.4 Å². The highest BCUT2D eigenvalue weighted by Crippen LogP contribution is 2.40. The van der Waals surface area contributed by atoms with E-state index in [9.17, 15) is 14.9 Å². The Labute approximate surface area is 203 Å². The number of hydrogen-bond acceptors (Lipinski definition) is 7. The number of nitro benzene ring substituents is 1. The molecule has 2 heterocycles. The fraction of sp³-hybridized carbons (Fsp3) is 0.407. The third kappa shape index (κ3) is 4.46. The SMILES string of the molecule is CC(C)(C)[C@H]1CCc2nc3ccccc3c(C(=O)OCc3cc([N+](=O)[O-])cc4c3OCOC4)c2C1. The molecule has 1 aliphatic heterocycles. The third-order valence-corrected chi connectivity index (χ3v) is 7.03. The highest BCUT2D eigenvalue weighted by Gasteiger charge is 2.33. The number of non-ortho nitro benzene ring substituents is 1. The second-order valence-electron chi connectivity index (χ2n) is 10.3. The van der Waals surface area contributed by atoms with Crippen molar-refractivity contribution in [2.75, 3.05) is 6.79 Å². The first-order valence-electron chi connectivity index (χ1n) is 11.8. The zero-order chi connectivity index (χ0) is 24.7. The summed E-state index contributed by atoms with van der Waals surface area (Å²) in [5, 5.41) is 12.2. The van der Waals surface area contributed by atoms with E-state index in [-0.39, 0.29) is 31.1 Å². The molecule has 1 aliphatic carbocycles. The molecular weight excluding hydrogens is 448 g/mol. The highest BCUT2D eigenvalue weighted by atomic mass is 16.7. The van der Waals surface area contributed by atoms with Crippen molar-refractivity contribution in [2.24, 2.45) is 11.3 Å². The van der Waals surface area contributed by atoms with Gasteiger partial charge in [-0.3, -0.25) is 15.1 Å². The molecule has 8 nitrogen and oxygen atoms in total. The number of nitrogens with zero attached hydrogens (tertiary/aromatic N) is 2. The number of hydrogen-bond donors (Lipinski definition) is 0. The Kier molecular flexibility index (Phi) is 5.92. The summed E-state index contributed by atoms with van der Waals surface area (Å²) in [7, 11) is 0. The Hall–Kier alpha value is -3.52. The van der Waals surface area contributed by atoms with Crippen LogP contribution in [0.4, 0.5) is 5.69 Å². The molecule has 2 aliphatic rings. The quantitative estimate of drug-likeness (QED) is 0.278. The molecule has 1 aromatic heterocycles. The van der Waals surface area contributed by atoms with Gasteiger partial charge in [0, 0.05) is 34.3 Å². The molecule has 0 amide bonds. The van der Waals surface area contributed by atoms with Crippen molar-refractivity contribution < 1.29 is 23.9 Å². The molecule has 182 valence electrons. The van der Waals surface area contributed by atoms with Crippen molar-refractivity contribution in [3.05, 3.63) is 74.5 Å². The van der Waals surface area contributed by atoms with Crippen LogP contribution in [-0.4, -0.2) is 22.7 Å². The first-order valence-corrected chi connectivity index (χ1v) is 11.8. The average Bonchev–Trinajstić information content (AvgIpc) is 2.84. The third-order valence-electron chi connectivity index (χ3n) is 7.03. The predicted octanol–water partition coefficient (Wildman–Crippen LogP) is 5.52. The van der Waals surface area contributed by atoms with Gasteiger partial charge in [0.2, 0.25) is 0 Å². The molecule has 0 saturated carbocycles. The molecule has 0 N–H and O–H groups in total. The minimum absolute atomic E-state index is 0.0441. The molecule has 0 saturated heterocycles. The minimum Gasteiger partial charge on any atom is -0.467 e. The summed E-state index contributed by atoms with van der Waals surface area (Å²) < 4.78 is 16.7. The van der Waals surface area contributed by atoms with Crippen LogP contribution >= 0.6 is 0 Å². The lowest BCUT2D eigenvalue weighted by Crippen LogP contribution is -2.29. The van der Waals surface area contributed by atoms with Crippen LogP contribution in [0.2, 0.25) is 0 Å². The Morgan fingerprint density at radius 3 is 2.83 bits per heavy atom. The van der Waals surface area contributed by atoms with Gasteiger partial charge in [-0.15, -0.1) is 0 Å². The van der Waals surface area contributed by atoms with E-state index in [1.807, 2.05) is 24.3 Å². The average molecular weight is 477 g/mol. The molecule has 0 fully saturated rings. The molecule has 0 radical (unpaired) electrons. The lowest BCUT2D eigenvalue weighted by Gasteiger charge is -2.35. The Morgan fingerprint density at radius 2 is 2.06 bits per heavy atom. The van der Waals surface area contributed by atoms with Gasteiger partial charge in [0.25, 0.3) is 5.69 Å². The van der Waals surface area contributed by atoms with Gasteiger partial charge >= 0.3 is 5.97 Å². The first kappa shape index (κ1) is 23.2. The van der Waals surface area contributed by atoms with E-state index in [0.29, 0.717) is 28.4 Å². The van der Waals surface area contributed by atoms with E-state index >= 15 is 0 Å². The van der Waals surface area contributed by atoms with Gasteiger partial charge in [-0.25, -0.2) is 4.79 Å². The standard InChI is InChI=1S/C27H28N2O6/c1-27(2,3)18-8-9-23-21(12-18)24(20-6-4-5-7-22(20)28-23)26(30)34-14-17-11-19(29(31)32)10-16-13-33-15-35-25(16)17/h4-7,10-11,18H,8-9,12-15H2,1-3H3/t18-/m0/s1. The van der Waals surface area contributed by atoms with Crippen molar-refractivity contribution in [1.82, 2.24) is 4.98 Å². The number of aryl methyl sites for hydroxylation is 1. The minimum atomic E-state index is -0.473. The maximum Gasteiger partial charge on any atom is 0.339 e. The number of pyridine rings is 1. The van der Waals surface area contributed by atoms with Crippen LogP contribution in [0.3, 0.4) is 0 Å². The van der Waals surface area contributed by atoms with Gasteiger partial charge in [-0.2, -0.15) is 0 Å². The van der Waals surface area contributed by atoms with Gasteiger partial charge in [0.1, 0.15) is 12.4 Å². The summed E-state index contributed by atoms with van der Waals surface area (Å²) in [5.74, 6) is 0.437. The number of rotatable bonds is 4. The number of esters is 1. The van der Waals surface area contributed by atoms with Gasteiger partial charge in [-0.1, -0.05) is 39.0 Å². The summed E-state index contributed by atoms with van der Waals surface area (Å²) in [5.41, 5.74) is 4.23. The second-order valence-corrected chi connectivity index (χ2v) is 10.3. The molecule has 8 heteroatoms. The van der Waals surface area contributed by atoms with E-state index in [2.05, 4.69) is 20.8 Å². The highest BCUT2D eigenvalue weighted by molar-refractivity contribution is 6.05.